The van der Waals surface area contributed by atoms with Crippen LogP contribution in [0.4, 0.5) is 0 Å². The molecule has 0 spiro atoms. The van der Waals surface area contributed by atoms with E-state index in [2.05, 4.69) is 11.4 Å². The van der Waals surface area contributed by atoms with Crippen LogP contribution in [-0.4, -0.2) is 38.8 Å². The van der Waals surface area contributed by atoms with Crippen molar-refractivity contribution in [1.29, 1.82) is 0 Å². The van der Waals surface area contributed by atoms with Gasteiger partial charge in [0.1, 0.15) is 6.10 Å². The Balaban J connectivity index is 3.46. The van der Waals surface area contributed by atoms with Gasteiger partial charge in [0.2, 0.25) is 0 Å². The monoisotopic (exact) mass is 410 g/mol. The fraction of sp³-hybridized carbons (Fsp3) is 1.00. The van der Waals surface area contributed by atoms with Crippen molar-refractivity contribution in [2.45, 2.75) is 122 Å². The molecule has 2 unspecified atom stereocenters. The van der Waals surface area contributed by atoms with Crippen LogP contribution in [0, 0.1) is 0 Å². The highest BCUT2D eigenvalue weighted by atomic mass is 31.2. The lowest BCUT2D eigenvalue weighted by molar-refractivity contribution is -0.0179. The lowest BCUT2D eigenvalue weighted by atomic mass is 10.0. The minimum Gasteiger partial charge on any atom is -0.394 e. The summed E-state index contributed by atoms with van der Waals surface area (Å²) in [6, 6.07) is 0. The Bertz CT molecular complexity index is 360. The summed E-state index contributed by atoms with van der Waals surface area (Å²) in [6.45, 7) is 1.68. The quantitative estimate of drug-likeness (QED) is 0.165. The highest BCUT2D eigenvalue weighted by molar-refractivity contribution is 7.46. The van der Waals surface area contributed by atoms with Crippen molar-refractivity contribution in [3.8, 4) is 0 Å². The van der Waals surface area contributed by atoms with Crippen molar-refractivity contribution in [3.63, 3.8) is 0 Å². The molecule has 0 saturated heterocycles. The zero-order valence-corrected chi connectivity index (χ0v) is 18.1. The number of hydrogen-bond acceptors (Lipinski definition) is 4. The van der Waals surface area contributed by atoms with Crippen LogP contribution in [0.15, 0.2) is 0 Å². The molecular weight excluding hydrogens is 367 g/mol. The van der Waals surface area contributed by atoms with Crippen LogP contribution in [0.25, 0.3) is 0 Å². The molecular formula is C20H43O6P. The molecule has 0 fully saturated rings. The Morgan fingerprint density at radius 2 is 1.11 bits per heavy atom. The molecule has 7 heteroatoms. The largest absolute Gasteiger partial charge is 0.469 e. The van der Waals surface area contributed by atoms with E-state index in [9.17, 15) is 9.67 Å². The van der Waals surface area contributed by atoms with Gasteiger partial charge in [-0.05, 0) is 6.42 Å². The van der Waals surface area contributed by atoms with Gasteiger partial charge in [0.05, 0.1) is 12.7 Å². The summed E-state index contributed by atoms with van der Waals surface area (Å²) in [7, 11) is -4.65. The fourth-order valence-electron chi connectivity index (χ4n) is 3.33. The molecule has 0 aromatic heterocycles. The molecule has 4 N–H and O–H groups in total. The molecule has 0 aliphatic carbocycles. The van der Waals surface area contributed by atoms with Crippen LogP contribution in [0.2, 0.25) is 0 Å². The predicted molar refractivity (Wildman–Crippen MR) is 110 cm³/mol. The van der Waals surface area contributed by atoms with E-state index in [-0.39, 0.29) is 0 Å². The number of rotatable bonds is 20. The molecule has 6 nitrogen and oxygen atoms in total. The maximum atomic E-state index is 10.9. The Kier molecular flexibility index (Phi) is 18.1. The average molecular weight is 411 g/mol. The number of unbranched alkanes of at least 4 members (excludes halogenated alkanes) is 14. The van der Waals surface area contributed by atoms with Gasteiger partial charge in [0.15, 0.2) is 0 Å². The van der Waals surface area contributed by atoms with Gasteiger partial charge in [-0.25, -0.2) is 4.57 Å². The number of hydrogen-bond donors (Lipinski definition) is 4. The zero-order chi connectivity index (χ0) is 20.4. The topological polar surface area (TPSA) is 107 Å². The molecule has 0 aromatic rings. The predicted octanol–water partition coefficient (Wildman–Crippen LogP) is 5.08. The summed E-state index contributed by atoms with van der Waals surface area (Å²) in [5.74, 6) is 0. The summed E-state index contributed by atoms with van der Waals surface area (Å²) < 4.78 is 15.5. The van der Waals surface area contributed by atoms with Crippen molar-refractivity contribution >= 4 is 7.82 Å². The summed E-state index contributed by atoms with van der Waals surface area (Å²) >= 11 is 0. The molecule has 0 aliphatic heterocycles. The molecule has 0 heterocycles. The van der Waals surface area contributed by atoms with E-state index in [4.69, 9.17) is 14.9 Å². The first kappa shape index (κ1) is 27.0. The molecule has 0 amide bonds. The number of aliphatic hydroxyl groups excluding tert-OH is 2. The molecule has 0 bridgehead atoms. The van der Waals surface area contributed by atoms with Crippen LogP contribution < -0.4 is 0 Å². The average Bonchev–Trinajstić information content (AvgIpc) is 2.62. The van der Waals surface area contributed by atoms with E-state index in [0.29, 0.717) is 6.42 Å². The normalized spacial score (nSPS) is 14.4. The third-order valence-electron chi connectivity index (χ3n) is 4.98. The van der Waals surface area contributed by atoms with E-state index < -0.39 is 26.6 Å². The van der Waals surface area contributed by atoms with Gasteiger partial charge in [-0.2, -0.15) is 0 Å². The first-order chi connectivity index (χ1) is 12.9. The minimum atomic E-state index is -4.65. The molecule has 0 aliphatic rings. The smallest absolute Gasteiger partial charge is 0.394 e. The van der Waals surface area contributed by atoms with Crippen molar-refractivity contribution in [2.75, 3.05) is 6.61 Å². The summed E-state index contributed by atoms with van der Waals surface area (Å²) in [5, 5.41) is 18.5. The second-order valence-corrected chi connectivity index (χ2v) is 8.81. The second kappa shape index (κ2) is 18.1. The summed E-state index contributed by atoms with van der Waals surface area (Å²) in [6.07, 6.45) is 16.7. The van der Waals surface area contributed by atoms with E-state index in [1.807, 2.05) is 0 Å². The van der Waals surface area contributed by atoms with E-state index in [1.165, 1.54) is 77.0 Å². The molecule has 27 heavy (non-hydrogen) atoms. The van der Waals surface area contributed by atoms with Crippen LogP contribution in [0.5, 0.6) is 0 Å². The Labute approximate surface area is 166 Å². The Morgan fingerprint density at radius 1 is 0.741 bits per heavy atom. The van der Waals surface area contributed by atoms with E-state index in [1.54, 1.807) is 0 Å². The van der Waals surface area contributed by atoms with E-state index in [0.717, 1.165) is 19.3 Å². The fourth-order valence-corrected chi connectivity index (χ4v) is 3.92. The van der Waals surface area contributed by atoms with Crippen molar-refractivity contribution in [2.24, 2.45) is 0 Å². The third kappa shape index (κ3) is 19.1. The third-order valence-corrected chi connectivity index (χ3v) is 5.53. The molecule has 164 valence electrons. The maximum absolute atomic E-state index is 10.9. The van der Waals surface area contributed by atoms with Gasteiger partial charge in [0.25, 0.3) is 0 Å². The SMILES string of the molecule is CCCCCCCCCCCCCCCCCC(OP(=O)(O)O)C(O)CO. The van der Waals surface area contributed by atoms with Crippen LogP contribution in [-0.2, 0) is 9.09 Å². The molecule has 2 atom stereocenters. The summed E-state index contributed by atoms with van der Waals surface area (Å²) in [4.78, 5) is 17.7. The number of phosphoric ester groups is 1. The molecule has 0 rings (SSSR count). The van der Waals surface area contributed by atoms with Gasteiger partial charge in [-0.1, -0.05) is 103 Å². The van der Waals surface area contributed by atoms with Crippen molar-refractivity contribution in [1.82, 2.24) is 0 Å². The zero-order valence-electron chi connectivity index (χ0n) is 17.2. The maximum Gasteiger partial charge on any atom is 0.469 e. The van der Waals surface area contributed by atoms with Gasteiger partial charge < -0.3 is 20.0 Å². The van der Waals surface area contributed by atoms with Crippen LogP contribution >= 0.6 is 7.82 Å². The van der Waals surface area contributed by atoms with Crippen LogP contribution in [0.3, 0.4) is 0 Å². The van der Waals surface area contributed by atoms with E-state index >= 15 is 0 Å². The Hall–Kier alpha value is 0.0300. The second-order valence-electron chi connectivity index (χ2n) is 7.62. The van der Waals surface area contributed by atoms with Gasteiger partial charge in [-0.3, -0.25) is 4.52 Å². The highest BCUT2D eigenvalue weighted by Gasteiger charge is 2.27. The Morgan fingerprint density at radius 3 is 1.44 bits per heavy atom. The molecule has 0 saturated carbocycles. The summed E-state index contributed by atoms with van der Waals surface area (Å²) in [5.41, 5.74) is 0. The highest BCUT2D eigenvalue weighted by Crippen LogP contribution is 2.39. The van der Waals surface area contributed by atoms with Crippen molar-refractivity contribution < 1.29 is 29.1 Å². The van der Waals surface area contributed by atoms with Gasteiger partial charge in [0, 0.05) is 0 Å². The first-order valence-electron chi connectivity index (χ1n) is 10.9. The number of aliphatic hydroxyl groups is 2. The standard InChI is InChI=1S/C20H43O6P/c1-2-3-4-5-6-7-8-9-10-11-12-13-14-15-16-17-20(19(22)18-21)26-27(23,24)25/h19-22H,2-18H2,1H3,(H2,23,24,25). The van der Waals surface area contributed by atoms with Crippen molar-refractivity contribution in [3.05, 3.63) is 0 Å². The molecule has 0 aromatic carbocycles. The minimum absolute atomic E-state index is 0.338. The lowest BCUT2D eigenvalue weighted by Crippen LogP contribution is -2.31. The number of phosphoric acid groups is 1. The lowest BCUT2D eigenvalue weighted by Gasteiger charge is -2.21. The first-order valence-corrected chi connectivity index (χ1v) is 12.5. The molecule has 0 radical (unpaired) electrons. The van der Waals surface area contributed by atoms with Gasteiger partial charge >= 0.3 is 7.82 Å². The van der Waals surface area contributed by atoms with Gasteiger partial charge in [-0.15, -0.1) is 0 Å². The van der Waals surface area contributed by atoms with Crippen LogP contribution in [0.1, 0.15) is 110 Å².